The molecule has 0 aliphatic rings. The number of fused-ring (bicyclic) bond motifs is 1. The van der Waals surface area contributed by atoms with Crippen LogP contribution in [-0.2, 0) is 4.79 Å². The molecule has 1 atom stereocenters. The molecule has 180 valence electrons. The van der Waals surface area contributed by atoms with Crippen molar-refractivity contribution in [2.45, 2.75) is 20.0 Å². The van der Waals surface area contributed by atoms with E-state index in [1.165, 1.54) is 0 Å². The standard InChI is InChI=1S/C24H21Cl2N5O3S/c1-13-10-20-21(30-31(29-20)16-5-7-17(33-3)8-6-16)12-19(13)27-24(35)28-23(32)14(2)34-22-9-4-15(25)11-18(22)26/h4-12,14H,1-3H3,(H2,27,28,32,35). The quantitative estimate of drug-likeness (QED) is 0.326. The molecular weight excluding hydrogens is 509 g/mol. The van der Waals surface area contributed by atoms with Crippen LogP contribution < -0.4 is 20.1 Å². The number of halogens is 2. The van der Waals surface area contributed by atoms with E-state index in [1.807, 2.05) is 43.3 Å². The summed E-state index contributed by atoms with van der Waals surface area (Å²) in [4.78, 5) is 14.1. The molecule has 3 aromatic carbocycles. The fraction of sp³-hybridized carbons (Fsp3) is 0.167. The molecular formula is C24H21Cl2N5O3S. The zero-order chi connectivity index (χ0) is 25.1. The number of nitrogens with zero attached hydrogens (tertiary/aromatic N) is 3. The Hall–Kier alpha value is -3.40. The van der Waals surface area contributed by atoms with Gasteiger partial charge in [-0.1, -0.05) is 23.2 Å². The van der Waals surface area contributed by atoms with Crippen molar-refractivity contribution in [1.82, 2.24) is 20.3 Å². The van der Waals surface area contributed by atoms with E-state index in [0.29, 0.717) is 27.0 Å². The Morgan fingerprint density at radius 3 is 2.40 bits per heavy atom. The second kappa shape index (κ2) is 10.5. The maximum atomic E-state index is 12.6. The Bertz CT molecular complexity index is 1410. The topological polar surface area (TPSA) is 90.3 Å². The number of hydrogen-bond donors (Lipinski definition) is 2. The highest BCUT2D eigenvalue weighted by Gasteiger charge is 2.18. The number of hydrogen-bond acceptors (Lipinski definition) is 6. The lowest BCUT2D eigenvalue weighted by Gasteiger charge is -2.17. The lowest BCUT2D eigenvalue weighted by Crippen LogP contribution is -2.42. The van der Waals surface area contributed by atoms with E-state index in [2.05, 4.69) is 20.8 Å². The first-order valence-electron chi connectivity index (χ1n) is 10.5. The van der Waals surface area contributed by atoms with Gasteiger partial charge in [0.25, 0.3) is 5.91 Å². The molecule has 11 heteroatoms. The number of amides is 1. The van der Waals surface area contributed by atoms with E-state index >= 15 is 0 Å². The van der Waals surface area contributed by atoms with Gasteiger partial charge in [-0.3, -0.25) is 10.1 Å². The fourth-order valence-corrected chi connectivity index (χ4v) is 3.88. The van der Waals surface area contributed by atoms with Crippen LogP contribution in [0.2, 0.25) is 10.0 Å². The fourth-order valence-electron chi connectivity index (χ4n) is 3.22. The maximum absolute atomic E-state index is 12.6. The van der Waals surface area contributed by atoms with Gasteiger partial charge in [0.15, 0.2) is 11.2 Å². The number of rotatable bonds is 6. The molecule has 1 amide bonds. The largest absolute Gasteiger partial charge is 0.497 e. The van der Waals surface area contributed by atoms with E-state index in [9.17, 15) is 4.79 Å². The van der Waals surface area contributed by atoms with Crippen molar-refractivity contribution in [3.8, 4) is 17.2 Å². The Labute approximate surface area is 217 Å². The molecule has 0 saturated carbocycles. The third-order valence-electron chi connectivity index (χ3n) is 5.08. The third-order valence-corrected chi connectivity index (χ3v) is 5.82. The minimum atomic E-state index is -0.846. The van der Waals surface area contributed by atoms with E-state index < -0.39 is 12.0 Å². The highest BCUT2D eigenvalue weighted by atomic mass is 35.5. The number of aromatic nitrogens is 3. The summed E-state index contributed by atoms with van der Waals surface area (Å²) >= 11 is 17.3. The summed E-state index contributed by atoms with van der Waals surface area (Å²) in [7, 11) is 1.61. The van der Waals surface area contributed by atoms with Crippen LogP contribution in [0.1, 0.15) is 12.5 Å². The second-order valence-electron chi connectivity index (χ2n) is 7.62. The number of ether oxygens (including phenoxy) is 2. The van der Waals surface area contributed by atoms with Crippen LogP contribution in [0.15, 0.2) is 54.6 Å². The molecule has 4 aromatic rings. The zero-order valence-electron chi connectivity index (χ0n) is 19.0. The number of carbonyl (C=O) groups excluding carboxylic acids is 1. The Balaban J connectivity index is 1.43. The number of aryl methyl sites for hydroxylation is 1. The third kappa shape index (κ3) is 5.82. The Morgan fingerprint density at radius 2 is 1.74 bits per heavy atom. The van der Waals surface area contributed by atoms with Crippen molar-refractivity contribution in [3.63, 3.8) is 0 Å². The van der Waals surface area contributed by atoms with E-state index in [1.54, 1.807) is 37.0 Å². The first-order chi connectivity index (χ1) is 16.7. The monoisotopic (exact) mass is 529 g/mol. The lowest BCUT2D eigenvalue weighted by atomic mass is 10.2. The van der Waals surface area contributed by atoms with Crippen LogP contribution in [0.25, 0.3) is 16.7 Å². The molecule has 1 unspecified atom stereocenters. The molecule has 0 saturated heterocycles. The van der Waals surface area contributed by atoms with Crippen molar-refractivity contribution < 1.29 is 14.3 Å². The molecule has 8 nitrogen and oxygen atoms in total. The predicted octanol–water partition coefficient (Wildman–Crippen LogP) is 5.32. The predicted molar refractivity (Wildman–Crippen MR) is 141 cm³/mol. The van der Waals surface area contributed by atoms with Crippen LogP contribution in [0.5, 0.6) is 11.5 Å². The SMILES string of the molecule is COc1ccc(-n2nc3cc(C)c(NC(=S)NC(=O)C(C)Oc4ccc(Cl)cc4Cl)cc3n2)cc1. The van der Waals surface area contributed by atoms with Crippen LogP contribution in [-0.4, -0.2) is 39.2 Å². The lowest BCUT2D eigenvalue weighted by molar-refractivity contribution is -0.125. The van der Waals surface area contributed by atoms with Crippen LogP contribution in [0.3, 0.4) is 0 Å². The van der Waals surface area contributed by atoms with Gasteiger partial charge in [0.1, 0.15) is 22.5 Å². The van der Waals surface area contributed by atoms with Gasteiger partial charge in [0.2, 0.25) is 0 Å². The molecule has 1 heterocycles. The first kappa shape index (κ1) is 24.7. The normalized spacial score (nSPS) is 11.7. The highest BCUT2D eigenvalue weighted by Crippen LogP contribution is 2.28. The maximum Gasteiger partial charge on any atom is 0.266 e. The van der Waals surface area contributed by atoms with Crippen LogP contribution in [0, 0.1) is 6.92 Å². The molecule has 0 aliphatic carbocycles. The average Bonchev–Trinajstić information content (AvgIpc) is 3.23. The number of carbonyl (C=O) groups is 1. The van der Waals surface area contributed by atoms with Gasteiger partial charge >= 0.3 is 0 Å². The van der Waals surface area contributed by atoms with E-state index in [-0.39, 0.29) is 5.11 Å². The smallest absolute Gasteiger partial charge is 0.266 e. The minimum Gasteiger partial charge on any atom is -0.497 e. The van der Waals surface area contributed by atoms with Crippen molar-refractivity contribution in [2.24, 2.45) is 0 Å². The molecule has 1 aromatic heterocycles. The van der Waals surface area contributed by atoms with Crippen molar-refractivity contribution in [3.05, 3.63) is 70.2 Å². The zero-order valence-corrected chi connectivity index (χ0v) is 21.3. The molecule has 0 fully saturated rings. The second-order valence-corrected chi connectivity index (χ2v) is 8.87. The van der Waals surface area contributed by atoms with Crippen molar-refractivity contribution >= 4 is 63.2 Å². The van der Waals surface area contributed by atoms with Crippen LogP contribution in [0.4, 0.5) is 5.69 Å². The summed E-state index contributed by atoms with van der Waals surface area (Å²) < 4.78 is 10.8. The molecule has 2 N–H and O–H groups in total. The van der Waals surface area contributed by atoms with Gasteiger partial charge < -0.3 is 14.8 Å². The number of anilines is 1. The molecule has 0 radical (unpaired) electrons. The Kier molecular flexibility index (Phi) is 7.39. The van der Waals surface area contributed by atoms with Gasteiger partial charge in [0, 0.05) is 10.7 Å². The summed E-state index contributed by atoms with van der Waals surface area (Å²) in [6, 6.07) is 15.9. The molecule has 35 heavy (non-hydrogen) atoms. The van der Waals surface area contributed by atoms with E-state index in [0.717, 1.165) is 22.5 Å². The van der Waals surface area contributed by atoms with E-state index in [4.69, 9.17) is 44.9 Å². The highest BCUT2D eigenvalue weighted by molar-refractivity contribution is 7.80. The molecule has 0 bridgehead atoms. The van der Waals surface area contributed by atoms with Crippen LogP contribution >= 0.6 is 35.4 Å². The molecule has 0 aliphatic heterocycles. The Morgan fingerprint density at radius 1 is 1.06 bits per heavy atom. The average molecular weight is 530 g/mol. The minimum absolute atomic E-state index is 0.123. The van der Waals surface area contributed by atoms with Gasteiger partial charge in [0.05, 0.1) is 17.8 Å². The molecule has 0 spiro atoms. The number of nitrogens with one attached hydrogen (secondary N) is 2. The summed E-state index contributed by atoms with van der Waals surface area (Å²) in [6.07, 6.45) is -0.846. The van der Waals surface area contributed by atoms with Crippen molar-refractivity contribution in [2.75, 3.05) is 12.4 Å². The summed E-state index contributed by atoms with van der Waals surface area (Å²) in [5, 5.41) is 15.7. The van der Waals surface area contributed by atoms with Crippen molar-refractivity contribution in [1.29, 1.82) is 0 Å². The van der Waals surface area contributed by atoms with Gasteiger partial charge in [-0.2, -0.15) is 4.80 Å². The first-order valence-corrected chi connectivity index (χ1v) is 11.7. The summed E-state index contributed by atoms with van der Waals surface area (Å²) in [5.41, 5.74) is 3.76. The summed E-state index contributed by atoms with van der Waals surface area (Å²) in [5.74, 6) is 0.663. The number of benzene rings is 3. The van der Waals surface area contributed by atoms with Gasteiger partial charge in [-0.15, -0.1) is 10.2 Å². The van der Waals surface area contributed by atoms with Gasteiger partial charge in [-0.25, -0.2) is 0 Å². The number of methoxy groups -OCH3 is 1. The number of thiocarbonyl (C=S) groups is 1. The molecule has 4 rings (SSSR count). The van der Waals surface area contributed by atoms with Gasteiger partial charge in [-0.05, 0) is 86.2 Å². The summed E-state index contributed by atoms with van der Waals surface area (Å²) in [6.45, 7) is 3.50.